The van der Waals surface area contributed by atoms with Gasteiger partial charge in [0.1, 0.15) is 0 Å². The Kier molecular flexibility index (Phi) is 2.79. The summed E-state index contributed by atoms with van der Waals surface area (Å²) in [5.74, 6) is 0. The summed E-state index contributed by atoms with van der Waals surface area (Å²) in [5, 5.41) is 7.39. The molecule has 0 atom stereocenters. The highest BCUT2D eigenvalue weighted by Crippen LogP contribution is 2.13. The first-order valence-electron chi connectivity index (χ1n) is 4.35. The van der Waals surface area contributed by atoms with Crippen molar-refractivity contribution in [1.82, 2.24) is 15.2 Å². The fourth-order valence-corrected chi connectivity index (χ4v) is 1.44. The van der Waals surface area contributed by atoms with Gasteiger partial charge in [0.2, 0.25) is 0 Å². The fraction of sp³-hybridized carbons (Fsp3) is 0.200. The Morgan fingerprint density at radius 2 is 2.36 bits per heavy atom. The number of aromatic amines is 1. The third-order valence-corrected chi connectivity index (χ3v) is 2.29. The van der Waals surface area contributed by atoms with Crippen molar-refractivity contribution < 1.29 is 0 Å². The van der Waals surface area contributed by atoms with Crippen LogP contribution in [0.3, 0.4) is 0 Å². The molecule has 2 heterocycles. The van der Waals surface area contributed by atoms with Crippen LogP contribution in [0.15, 0.2) is 24.5 Å². The first kappa shape index (κ1) is 9.21. The number of aryl methyl sites for hydroxylation is 2. The van der Waals surface area contributed by atoms with Crippen molar-refractivity contribution in [3.8, 4) is 0 Å². The fourth-order valence-electron chi connectivity index (χ4n) is 1.23. The number of nitrogens with one attached hydrogen (secondary N) is 1. The number of pyridine rings is 1. The second-order valence-electron chi connectivity index (χ2n) is 2.92. The standard InChI is InChI=1S/C10H9ClN3/c11-9-2-1-6-12-10(9)4-3-8-5-7-13-14-8/h1-2,6-7H,3-4H2,(H,13,14). The lowest BCUT2D eigenvalue weighted by molar-refractivity contribution is 0.865. The lowest BCUT2D eigenvalue weighted by atomic mass is 10.2. The smallest absolute Gasteiger partial charge is 0.0621 e. The Morgan fingerprint density at radius 3 is 3.07 bits per heavy atom. The largest absolute Gasteiger partial charge is 0.282 e. The summed E-state index contributed by atoms with van der Waals surface area (Å²) < 4.78 is 0. The highest BCUT2D eigenvalue weighted by atomic mass is 35.5. The third-order valence-electron chi connectivity index (χ3n) is 1.95. The molecule has 0 aliphatic heterocycles. The second kappa shape index (κ2) is 4.24. The number of H-pyrrole nitrogens is 1. The molecule has 2 rings (SSSR count). The van der Waals surface area contributed by atoms with Crippen molar-refractivity contribution in [1.29, 1.82) is 0 Å². The Balaban J connectivity index is 2.02. The molecule has 14 heavy (non-hydrogen) atoms. The highest BCUT2D eigenvalue weighted by molar-refractivity contribution is 6.31. The van der Waals surface area contributed by atoms with E-state index in [4.69, 9.17) is 11.6 Å². The minimum absolute atomic E-state index is 0.715. The summed E-state index contributed by atoms with van der Waals surface area (Å²) in [5.41, 5.74) is 1.89. The van der Waals surface area contributed by atoms with E-state index in [1.807, 2.05) is 12.1 Å². The van der Waals surface area contributed by atoms with Crippen LogP contribution in [0.2, 0.25) is 5.02 Å². The lowest BCUT2D eigenvalue weighted by Crippen LogP contribution is -1.95. The van der Waals surface area contributed by atoms with Gasteiger partial charge in [0.15, 0.2) is 0 Å². The molecule has 0 aliphatic carbocycles. The van der Waals surface area contributed by atoms with Crippen molar-refractivity contribution in [2.75, 3.05) is 0 Å². The molecule has 0 amide bonds. The Labute approximate surface area is 87.1 Å². The predicted octanol–water partition coefficient (Wildman–Crippen LogP) is 2.04. The monoisotopic (exact) mass is 206 g/mol. The maximum Gasteiger partial charge on any atom is 0.0621 e. The van der Waals surface area contributed by atoms with Gasteiger partial charge in [-0.2, -0.15) is 5.10 Å². The van der Waals surface area contributed by atoms with E-state index >= 15 is 0 Å². The zero-order chi connectivity index (χ0) is 9.80. The molecule has 2 aromatic rings. The van der Waals surface area contributed by atoms with Crippen LogP contribution in [-0.4, -0.2) is 15.2 Å². The normalized spacial score (nSPS) is 10.4. The van der Waals surface area contributed by atoms with E-state index < -0.39 is 0 Å². The number of hydrogen-bond donors (Lipinski definition) is 1. The molecular weight excluding hydrogens is 198 g/mol. The Hall–Kier alpha value is -1.35. The van der Waals surface area contributed by atoms with Gasteiger partial charge >= 0.3 is 0 Å². The molecule has 0 fully saturated rings. The topological polar surface area (TPSA) is 41.6 Å². The quantitative estimate of drug-likeness (QED) is 0.835. The van der Waals surface area contributed by atoms with Crippen LogP contribution in [0.25, 0.3) is 0 Å². The minimum Gasteiger partial charge on any atom is -0.282 e. The van der Waals surface area contributed by atoms with Gasteiger partial charge in [-0.25, -0.2) is 0 Å². The summed E-state index contributed by atoms with van der Waals surface area (Å²) in [6.07, 6.45) is 5.00. The van der Waals surface area contributed by atoms with Crippen molar-refractivity contribution >= 4 is 11.6 Å². The molecule has 0 aromatic carbocycles. The van der Waals surface area contributed by atoms with E-state index in [0.717, 1.165) is 24.2 Å². The molecule has 0 saturated carbocycles. The molecule has 71 valence electrons. The summed E-state index contributed by atoms with van der Waals surface area (Å²) in [7, 11) is 0. The molecule has 4 heteroatoms. The summed E-state index contributed by atoms with van der Waals surface area (Å²) in [6.45, 7) is 0. The van der Waals surface area contributed by atoms with Crippen LogP contribution in [0, 0.1) is 6.07 Å². The number of rotatable bonds is 3. The van der Waals surface area contributed by atoms with Gasteiger partial charge in [0.05, 0.1) is 16.9 Å². The molecule has 0 saturated heterocycles. The van der Waals surface area contributed by atoms with Crippen LogP contribution in [-0.2, 0) is 12.8 Å². The maximum atomic E-state index is 5.97. The van der Waals surface area contributed by atoms with Crippen molar-refractivity contribution in [2.24, 2.45) is 0 Å². The van der Waals surface area contributed by atoms with Gasteiger partial charge in [0.25, 0.3) is 0 Å². The van der Waals surface area contributed by atoms with Crippen LogP contribution in [0.5, 0.6) is 0 Å². The second-order valence-corrected chi connectivity index (χ2v) is 3.33. The molecule has 0 aliphatic rings. The minimum atomic E-state index is 0.715. The van der Waals surface area contributed by atoms with E-state index in [0.29, 0.717) is 5.02 Å². The molecule has 1 N–H and O–H groups in total. The van der Waals surface area contributed by atoms with Gasteiger partial charge in [-0.3, -0.25) is 10.1 Å². The molecule has 1 radical (unpaired) electrons. The molecule has 0 unspecified atom stereocenters. The average molecular weight is 207 g/mol. The summed E-state index contributed by atoms with van der Waals surface area (Å²) in [6, 6.07) is 6.66. The first-order valence-corrected chi connectivity index (χ1v) is 4.73. The van der Waals surface area contributed by atoms with Crippen LogP contribution in [0.4, 0.5) is 0 Å². The molecule has 2 aromatic heterocycles. The number of aromatic nitrogens is 3. The molecule has 3 nitrogen and oxygen atoms in total. The zero-order valence-corrected chi connectivity index (χ0v) is 8.25. The lowest BCUT2D eigenvalue weighted by Gasteiger charge is -2.00. The van der Waals surface area contributed by atoms with Gasteiger partial charge < -0.3 is 0 Å². The van der Waals surface area contributed by atoms with E-state index in [1.165, 1.54) is 0 Å². The van der Waals surface area contributed by atoms with Gasteiger partial charge in [-0.1, -0.05) is 11.6 Å². The molecule has 0 spiro atoms. The average Bonchev–Trinajstić information content (AvgIpc) is 2.69. The molecular formula is C10H9ClN3. The third kappa shape index (κ3) is 2.12. The van der Waals surface area contributed by atoms with E-state index in [-0.39, 0.29) is 0 Å². The predicted molar refractivity (Wildman–Crippen MR) is 54.1 cm³/mol. The zero-order valence-electron chi connectivity index (χ0n) is 7.50. The number of nitrogens with zero attached hydrogens (tertiary/aromatic N) is 2. The van der Waals surface area contributed by atoms with Crippen LogP contribution in [0.1, 0.15) is 11.4 Å². The summed E-state index contributed by atoms with van der Waals surface area (Å²) >= 11 is 5.97. The number of hydrogen-bond acceptors (Lipinski definition) is 2. The highest BCUT2D eigenvalue weighted by Gasteiger charge is 2.01. The van der Waals surface area contributed by atoms with Gasteiger partial charge in [-0.15, -0.1) is 0 Å². The number of halogens is 1. The van der Waals surface area contributed by atoms with Crippen LogP contribution >= 0.6 is 11.6 Å². The van der Waals surface area contributed by atoms with Crippen molar-refractivity contribution in [3.63, 3.8) is 0 Å². The SMILES string of the molecule is Clc1cccnc1CCc1[c]cn[nH]1. The van der Waals surface area contributed by atoms with E-state index in [9.17, 15) is 0 Å². The van der Waals surface area contributed by atoms with Crippen molar-refractivity contribution in [3.05, 3.63) is 47.0 Å². The molecule has 0 bridgehead atoms. The van der Waals surface area contributed by atoms with Crippen molar-refractivity contribution in [2.45, 2.75) is 12.8 Å². The van der Waals surface area contributed by atoms with Gasteiger partial charge in [0, 0.05) is 18.0 Å². The van der Waals surface area contributed by atoms with Crippen LogP contribution < -0.4 is 0 Å². The summed E-state index contributed by atoms with van der Waals surface area (Å²) in [4.78, 5) is 4.20. The maximum absolute atomic E-state index is 5.97. The van der Waals surface area contributed by atoms with E-state index in [2.05, 4.69) is 21.2 Å². The van der Waals surface area contributed by atoms with Gasteiger partial charge in [-0.05, 0) is 25.0 Å². The Morgan fingerprint density at radius 1 is 1.43 bits per heavy atom. The Bertz CT molecular complexity index is 398. The first-order chi connectivity index (χ1) is 6.86. The van der Waals surface area contributed by atoms with E-state index in [1.54, 1.807) is 12.4 Å².